The number of hydrogen-bond acceptors (Lipinski definition) is 6. The van der Waals surface area contributed by atoms with Crippen LogP contribution in [0.2, 0.25) is 0 Å². The maximum absolute atomic E-state index is 9.67. The highest BCUT2D eigenvalue weighted by molar-refractivity contribution is 4.88. The Labute approximate surface area is 144 Å². The normalized spacial score (nSPS) is 15.9. The molecule has 0 saturated heterocycles. The van der Waals surface area contributed by atoms with Gasteiger partial charge < -0.3 is 29.2 Å². The van der Waals surface area contributed by atoms with Crippen molar-refractivity contribution >= 4 is 0 Å². The Kier molecular flexibility index (Phi) is 14.4. The molecule has 0 aromatic rings. The van der Waals surface area contributed by atoms with Crippen molar-refractivity contribution in [2.24, 2.45) is 0 Å². The second-order valence-corrected chi connectivity index (χ2v) is 4.86. The molecule has 0 fully saturated rings. The average molecular weight is 342 g/mol. The molecule has 24 heavy (non-hydrogen) atoms. The lowest BCUT2D eigenvalue weighted by molar-refractivity contribution is -0.180. The SMILES string of the molecule is C=CCOC(CO)C(OCC=C)C(OCC=C)C(CO)OCC=C. The van der Waals surface area contributed by atoms with Gasteiger partial charge in [0.05, 0.1) is 39.6 Å². The van der Waals surface area contributed by atoms with Crippen LogP contribution in [0, 0.1) is 0 Å². The molecule has 0 spiro atoms. The summed E-state index contributed by atoms with van der Waals surface area (Å²) in [5.74, 6) is 0. The maximum Gasteiger partial charge on any atom is 0.115 e. The highest BCUT2D eigenvalue weighted by atomic mass is 16.6. The lowest BCUT2D eigenvalue weighted by Gasteiger charge is -2.35. The molecule has 0 bridgehead atoms. The maximum atomic E-state index is 9.67. The van der Waals surface area contributed by atoms with E-state index in [4.69, 9.17) is 18.9 Å². The van der Waals surface area contributed by atoms with Crippen LogP contribution in [-0.4, -0.2) is 74.3 Å². The van der Waals surface area contributed by atoms with Gasteiger partial charge in [-0.2, -0.15) is 0 Å². The highest BCUT2D eigenvalue weighted by Gasteiger charge is 2.37. The molecule has 2 N–H and O–H groups in total. The summed E-state index contributed by atoms with van der Waals surface area (Å²) in [7, 11) is 0. The van der Waals surface area contributed by atoms with Crippen LogP contribution in [0.3, 0.4) is 0 Å². The number of aliphatic hydroxyl groups excluding tert-OH is 2. The third kappa shape index (κ3) is 8.54. The molecule has 138 valence electrons. The first kappa shape index (κ1) is 22.7. The van der Waals surface area contributed by atoms with Crippen LogP contribution >= 0.6 is 0 Å². The van der Waals surface area contributed by atoms with Crippen molar-refractivity contribution in [3.05, 3.63) is 50.6 Å². The van der Waals surface area contributed by atoms with Crippen molar-refractivity contribution in [3.8, 4) is 0 Å². The van der Waals surface area contributed by atoms with Crippen molar-refractivity contribution in [3.63, 3.8) is 0 Å². The minimum atomic E-state index is -0.685. The zero-order valence-electron chi connectivity index (χ0n) is 14.2. The van der Waals surface area contributed by atoms with E-state index < -0.39 is 24.4 Å². The Morgan fingerprint density at radius 2 is 0.875 bits per heavy atom. The Hall–Kier alpha value is -1.28. The van der Waals surface area contributed by atoms with Crippen molar-refractivity contribution in [1.82, 2.24) is 0 Å². The van der Waals surface area contributed by atoms with Gasteiger partial charge in [-0.3, -0.25) is 0 Å². The first-order chi connectivity index (χ1) is 11.7. The molecule has 0 aromatic carbocycles. The van der Waals surface area contributed by atoms with Gasteiger partial charge in [-0.15, -0.1) is 26.3 Å². The van der Waals surface area contributed by atoms with E-state index in [1.165, 1.54) is 0 Å². The van der Waals surface area contributed by atoms with Crippen molar-refractivity contribution in [2.45, 2.75) is 24.4 Å². The van der Waals surface area contributed by atoms with Crippen molar-refractivity contribution < 1.29 is 29.2 Å². The number of aliphatic hydroxyl groups is 2. The van der Waals surface area contributed by atoms with Gasteiger partial charge in [-0.1, -0.05) is 24.3 Å². The van der Waals surface area contributed by atoms with Gasteiger partial charge in [0.1, 0.15) is 24.4 Å². The van der Waals surface area contributed by atoms with E-state index in [1.807, 2.05) is 0 Å². The standard InChI is InChI=1S/C18H30O6/c1-5-9-21-15(13-19)17(23-11-7-3)18(24-12-8-4)16(14-20)22-10-6-2/h5-8,15-20H,1-4,9-14H2. The molecule has 6 heteroatoms. The summed E-state index contributed by atoms with van der Waals surface area (Å²) < 4.78 is 22.6. The third-order valence-corrected chi connectivity index (χ3v) is 3.09. The van der Waals surface area contributed by atoms with Crippen molar-refractivity contribution in [2.75, 3.05) is 39.6 Å². The van der Waals surface area contributed by atoms with Gasteiger partial charge in [0.25, 0.3) is 0 Å². The van der Waals surface area contributed by atoms with Crippen LogP contribution in [-0.2, 0) is 18.9 Å². The first-order valence-electron chi connectivity index (χ1n) is 7.81. The van der Waals surface area contributed by atoms with E-state index in [0.29, 0.717) is 0 Å². The van der Waals surface area contributed by atoms with Crippen LogP contribution < -0.4 is 0 Å². The zero-order valence-corrected chi connectivity index (χ0v) is 14.2. The first-order valence-corrected chi connectivity index (χ1v) is 7.81. The molecule has 0 rings (SSSR count). The Morgan fingerprint density at radius 3 is 1.12 bits per heavy atom. The van der Waals surface area contributed by atoms with Gasteiger partial charge >= 0.3 is 0 Å². The minimum Gasteiger partial charge on any atom is -0.394 e. The quantitative estimate of drug-likeness (QED) is 0.388. The lowest BCUT2D eigenvalue weighted by atomic mass is 10.0. The number of hydrogen-bond donors (Lipinski definition) is 2. The smallest absolute Gasteiger partial charge is 0.115 e. The number of rotatable bonds is 17. The molecule has 0 aliphatic carbocycles. The van der Waals surface area contributed by atoms with Gasteiger partial charge in [-0.05, 0) is 0 Å². The summed E-state index contributed by atoms with van der Waals surface area (Å²) in [6.45, 7) is 14.8. The molecule has 0 aliphatic heterocycles. The molecule has 0 amide bonds. The third-order valence-electron chi connectivity index (χ3n) is 3.09. The van der Waals surface area contributed by atoms with E-state index in [9.17, 15) is 10.2 Å². The fourth-order valence-corrected chi connectivity index (χ4v) is 2.07. The summed E-state index contributed by atoms with van der Waals surface area (Å²) in [6, 6.07) is 0. The van der Waals surface area contributed by atoms with Crippen molar-refractivity contribution in [1.29, 1.82) is 0 Å². The second kappa shape index (κ2) is 15.3. The van der Waals surface area contributed by atoms with Crippen LogP contribution in [0.15, 0.2) is 50.6 Å². The fourth-order valence-electron chi connectivity index (χ4n) is 2.07. The van der Waals surface area contributed by atoms with E-state index in [2.05, 4.69) is 26.3 Å². The van der Waals surface area contributed by atoms with E-state index in [0.717, 1.165) is 0 Å². The molecule has 0 heterocycles. The lowest BCUT2D eigenvalue weighted by Crippen LogP contribution is -2.52. The summed E-state index contributed by atoms with van der Waals surface area (Å²) in [4.78, 5) is 0. The largest absolute Gasteiger partial charge is 0.394 e. The molecule has 4 atom stereocenters. The second-order valence-electron chi connectivity index (χ2n) is 4.86. The number of ether oxygens (including phenoxy) is 4. The van der Waals surface area contributed by atoms with E-state index >= 15 is 0 Å². The average Bonchev–Trinajstić information content (AvgIpc) is 2.61. The van der Waals surface area contributed by atoms with Crippen LogP contribution in [0.1, 0.15) is 0 Å². The molecular formula is C18H30O6. The van der Waals surface area contributed by atoms with E-state index in [-0.39, 0.29) is 39.6 Å². The molecule has 4 unspecified atom stereocenters. The molecule has 6 nitrogen and oxygen atoms in total. The fraction of sp³-hybridized carbons (Fsp3) is 0.556. The summed E-state index contributed by atoms with van der Waals surface area (Å²) in [5, 5.41) is 19.3. The monoisotopic (exact) mass is 342 g/mol. The predicted molar refractivity (Wildman–Crippen MR) is 93.9 cm³/mol. The van der Waals surface area contributed by atoms with Crippen LogP contribution in [0.25, 0.3) is 0 Å². The van der Waals surface area contributed by atoms with Gasteiger partial charge in [0.2, 0.25) is 0 Å². The van der Waals surface area contributed by atoms with Gasteiger partial charge in [0, 0.05) is 0 Å². The predicted octanol–water partition coefficient (Wildman–Crippen LogP) is 1.26. The van der Waals surface area contributed by atoms with Gasteiger partial charge in [-0.25, -0.2) is 0 Å². The minimum absolute atomic E-state index is 0.228. The Morgan fingerprint density at radius 1 is 0.583 bits per heavy atom. The summed E-state index contributed by atoms with van der Waals surface area (Å²) >= 11 is 0. The highest BCUT2D eigenvalue weighted by Crippen LogP contribution is 2.18. The summed E-state index contributed by atoms with van der Waals surface area (Å²) in [6.07, 6.45) is 3.58. The molecular weight excluding hydrogens is 312 g/mol. The summed E-state index contributed by atoms with van der Waals surface area (Å²) in [5.41, 5.74) is 0. The van der Waals surface area contributed by atoms with E-state index in [1.54, 1.807) is 24.3 Å². The molecule has 0 radical (unpaired) electrons. The Bertz CT molecular complexity index is 323. The molecule has 0 aliphatic rings. The van der Waals surface area contributed by atoms with Crippen LogP contribution in [0.5, 0.6) is 0 Å². The Balaban J connectivity index is 5.38. The molecule has 0 saturated carbocycles. The zero-order chi connectivity index (χ0) is 18.2. The van der Waals surface area contributed by atoms with Gasteiger partial charge in [0.15, 0.2) is 0 Å². The van der Waals surface area contributed by atoms with Crippen LogP contribution in [0.4, 0.5) is 0 Å². The molecule has 0 aromatic heterocycles. The topological polar surface area (TPSA) is 77.4 Å².